The number of β-amino-alcohol motifs (C(OH)–C–C–N with tert-alkyl or cyclic N) is 1. The number of pyridine rings is 1. The number of aromatic nitrogens is 4. The van der Waals surface area contributed by atoms with Crippen LogP contribution in [-0.4, -0.2) is 43.9 Å². The summed E-state index contributed by atoms with van der Waals surface area (Å²) in [5, 5.41) is 23.8. The lowest BCUT2D eigenvalue weighted by Gasteiger charge is -2.39. The molecule has 1 aliphatic rings. The molecule has 168 valence electrons. The van der Waals surface area contributed by atoms with E-state index < -0.39 is 24.0 Å². The number of aryl methyl sites for hydroxylation is 2. The molecule has 33 heavy (non-hydrogen) atoms. The van der Waals surface area contributed by atoms with Crippen molar-refractivity contribution < 1.29 is 18.3 Å². The lowest BCUT2D eigenvalue weighted by Crippen LogP contribution is -2.51. The van der Waals surface area contributed by atoms with Gasteiger partial charge in [0.2, 0.25) is 0 Å². The van der Waals surface area contributed by atoms with Gasteiger partial charge in [-0.25, -0.2) is 23.1 Å². The number of nitriles is 1. The van der Waals surface area contributed by atoms with Crippen molar-refractivity contribution in [3.63, 3.8) is 0 Å². The van der Waals surface area contributed by atoms with Crippen LogP contribution in [0.15, 0.2) is 18.2 Å². The molecule has 1 fully saturated rings. The molecule has 0 aliphatic carbocycles. The van der Waals surface area contributed by atoms with E-state index >= 15 is 0 Å². The second kappa shape index (κ2) is 7.57. The third-order valence-electron chi connectivity index (χ3n) is 5.70. The molecule has 7 nitrogen and oxygen atoms in total. The normalized spacial score (nSPS) is 14.3. The van der Waals surface area contributed by atoms with Crippen LogP contribution in [0.5, 0.6) is 0 Å². The van der Waals surface area contributed by atoms with Crippen molar-refractivity contribution in [3.05, 3.63) is 51.7 Å². The number of aliphatic hydroxyl groups is 1. The molecule has 11 heteroatoms. The summed E-state index contributed by atoms with van der Waals surface area (Å²) in [4.78, 5) is 10.5. The molecule has 3 aromatic heterocycles. The van der Waals surface area contributed by atoms with Gasteiger partial charge in [-0.15, -0.1) is 0 Å². The van der Waals surface area contributed by atoms with Crippen molar-refractivity contribution in [3.8, 4) is 17.2 Å². The van der Waals surface area contributed by atoms with Gasteiger partial charge in [-0.2, -0.15) is 14.9 Å². The first-order chi connectivity index (χ1) is 15.7. The number of benzene rings is 1. The van der Waals surface area contributed by atoms with Crippen molar-refractivity contribution in [2.75, 3.05) is 18.0 Å². The molecule has 0 radical (unpaired) electrons. The quantitative estimate of drug-likeness (QED) is 0.477. The number of nitrogens with zero attached hydrogens (tertiary/aromatic N) is 6. The summed E-state index contributed by atoms with van der Waals surface area (Å²) in [5.41, 5.74) is 1.10. The number of halogens is 4. The summed E-state index contributed by atoms with van der Waals surface area (Å²) in [6.45, 7) is 3.85. The average molecular weight is 473 g/mol. The maximum Gasteiger partial charge on any atom is 0.283 e. The van der Waals surface area contributed by atoms with Crippen LogP contribution in [0.25, 0.3) is 27.7 Å². The van der Waals surface area contributed by atoms with E-state index in [9.17, 15) is 23.5 Å². The Morgan fingerprint density at radius 3 is 2.61 bits per heavy atom. The van der Waals surface area contributed by atoms with Gasteiger partial charge in [0.25, 0.3) is 6.43 Å². The standard InChI is InChI=1S/C22H16ClF3N6O/c1-9-5-13(12-3-4-15(23)17(24)18(12)28-9)16-10(2)29-21-14(6-27)19(20(25)26)30-32(21)22(16)31-7-11(33)8-31/h3-5,11,20,33H,7-8H2,1-2H3. The topological polar surface area (TPSA) is 90.3 Å². The Morgan fingerprint density at radius 2 is 1.97 bits per heavy atom. The number of aliphatic hydroxyl groups excluding tert-OH is 1. The maximum absolute atomic E-state index is 14.8. The van der Waals surface area contributed by atoms with Crippen molar-refractivity contribution >= 4 is 34.0 Å². The first-order valence-electron chi connectivity index (χ1n) is 10.0. The monoisotopic (exact) mass is 472 g/mol. The van der Waals surface area contributed by atoms with E-state index in [1.165, 1.54) is 10.6 Å². The zero-order valence-corrected chi connectivity index (χ0v) is 18.2. The Hall–Kier alpha value is -3.42. The van der Waals surface area contributed by atoms with E-state index in [0.29, 0.717) is 33.7 Å². The van der Waals surface area contributed by atoms with E-state index in [2.05, 4.69) is 15.1 Å². The largest absolute Gasteiger partial charge is 0.389 e. The summed E-state index contributed by atoms with van der Waals surface area (Å²) in [7, 11) is 0. The van der Waals surface area contributed by atoms with Gasteiger partial charge >= 0.3 is 0 Å². The van der Waals surface area contributed by atoms with Crippen LogP contribution < -0.4 is 4.90 Å². The van der Waals surface area contributed by atoms with Gasteiger partial charge in [-0.1, -0.05) is 17.7 Å². The summed E-state index contributed by atoms with van der Waals surface area (Å²) in [6, 6.07) is 6.58. The smallest absolute Gasteiger partial charge is 0.283 e. The number of rotatable bonds is 3. The van der Waals surface area contributed by atoms with Crippen molar-refractivity contribution in [1.82, 2.24) is 19.6 Å². The number of anilines is 1. The Labute approximate surface area is 190 Å². The molecule has 0 saturated carbocycles. The Balaban J connectivity index is 1.92. The first kappa shape index (κ1) is 21.4. The summed E-state index contributed by atoms with van der Waals surface area (Å²) >= 11 is 5.96. The molecular weight excluding hydrogens is 457 g/mol. The fourth-order valence-corrected chi connectivity index (χ4v) is 4.38. The number of hydrogen-bond donors (Lipinski definition) is 1. The van der Waals surface area contributed by atoms with Crippen LogP contribution in [0, 0.1) is 31.0 Å². The predicted octanol–water partition coefficient (Wildman–Crippen LogP) is 4.34. The lowest BCUT2D eigenvalue weighted by molar-refractivity contribution is 0.140. The van der Waals surface area contributed by atoms with Crippen LogP contribution in [0.1, 0.15) is 29.1 Å². The van der Waals surface area contributed by atoms with Crippen molar-refractivity contribution in [2.24, 2.45) is 0 Å². The molecule has 1 aliphatic heterocycles. The highest BCUT2D eigenvalue weighted by Crippen LogP contribution is 2.41. The fraction of sp³-hybridized carbons (Fsp3) is 0.273. The van der Waals surface area contributed by atoms with Gasteiger partial charge in [0.15, 0.2) is 11.5 Å². The van der Waals surface area contributed by atoms with Gasteiger partial charge in [-0.3, -0.25) is 0 Å². The fourth-order valence-electron chi connectivity index (χ4n) is 4.22. The third-order valence-corrected chi connectivity index (χ3v) is 5.99. The molecule has 4 heterocycles. The number of hydrogen-bond acceptors (Lipinski definition) is 6. The predicted molar refractivity (Wildman–Crippen MR) is 116 cm³/mol. The summed E-state index contributed by atoms with van der Waals surface area (Å²) in [6.07, 6.45) is -3.57. The minimum Gasteiger partial charge on any atom is -0.389 e. The molecule has 0 unspecified atom stereocenters. The molecule has 0 atom stereocenters. The van der Waals surface area contributed by atoms with Crippen molar-refractivity contribution in [2.45, 2.75) is 26.4 Å². The van der Waals surface area contributed by atoms with Crippen LogP contribution in [0.3, 0.4) is 0 Å². The van der Waals surface area contributed by atoms with Gasteiger partial charge < -0.3 is 10.0 Å². The Morgan fingerprint density at radius 1 is 1.24 bits per heavy atom. The van der Waals surface area contributed by atoms with Gasteiger partial charge in [-0.05, 0) is 31.5 Å². The van der Waals surface area contributed by atoms with Crippen molar-refractivity contribution in [1.29, 1.82) is 5.26 Å². The molecular formula is C22H16ClF3N6O. The molecule has 5 rings (SSSR count). The third kappa shape index (κ3) is 3.19. The van der Waals surface area contributed by atoms with E-state index in [1.54, 1.807) is 36.9 Å². The average Bonchev–Trinajstić information content (AvgIpc) is 3.11. The highest BCUT2D eigenvalue weighted by molar-refractivity contribution is 6.31. The minimum atomic E-state index is -2.97. The molecule has 1 N–H and O–H groups in total. The SMILES string of the molecule is Cc1cc(-c2c(C)nc3c(C#N)c(C(F)F)nn3c2N2CC(O)C2)c2ccc(Cl)c(F)c2n1. The Bertz CT molecular complexity index is 1490. The van der Waals surface area contributed by atoms with Crippen LogP contribution in [-0.2, 0) is 0 Å². The number of fused-ring (bicyclic) bond motifs is 2. The first-order valence-corrected chi connectivity index (χ1v) is 10.4. The minimum absolute atomic E-state index is 0.00486. The highest BCUT2D eigenvalue weighted by Gasteiger charge is 2.33. The van der Waals surface area contributed by atoms with Crippen LogP contribution in [0.2, 0.25) is 5.02 Å². The second-order valence-corrected chi connectivity index (χ2v) is 8.34. The molecule has 0 spiro atoms. The van der Waals surface area contributed by atoms with Crippen LogP contribution in [0.4, 0.5) is 19.0 Å². The summed E-state index contributed by atoms with van der Waals surface area (Å²) < 4.78 is 43.3. The van der Waals surface area contributed by atoms with E-state index in [1.807, 2.05) is 0 Å². The number of alkyl halides is 2. The Kier molecular flexibility index (Phi) is 4.92. The van der Waals surface area contributed by atoms with Gasteiger partial charge in [0.05, 0.1) is 16.8 Å². The van der Waals surface area contributed by atoms with E-state index in [0.717, 1.165) is 0 Å². The molecule has 4 aromatic rings. The zero-order chi connectivity index (χ0) is 23.6. The van der Waals surface area contributed by atoms with Gasteiger partial charge in [0, 0.05) is 29.7 Å². The molecule has 0 amide bonds. The van der Waals surface area contributed by atoms with E-state index in [-0.39, 0.29) is 34.8 Å². The van der Waals surface area contributed by atoms with E-state index in [4.69, 9.17) is 11.6 Å². The molecule has 1 aromatic carbocycles. The van der Waals surface area contributed by atoms with Crippen LogP contribution >= 0.6 is 11.6 Å². The van der Waals surface area contributed by atoms with Gasteiger partial charge in [0.1, 0.15) is 28.7 Å². The second-order valence-electron chi connectivity index (χ2n) is 7.93. The lowest BCUT2D eigenvalue weighted by atomic mass is 9.97. The highest BCUT2D eigenvalue weighted by atomic mass is 35.5. The molecule has 1 saturated heterocycles. The maximum atomic E-state index is 14.8. The molecule has 0 bridgehead atoms. The zero-order valence-electron chi connectivity index (χ0n) is 17.4. The summed E-state index contributed by atoms with van der Waals surface area (Å²) in [5.74, 6) is -0.286.